The maximum atomic E-state index is 13.1. The Balaban J connectivity index is 1.53. The number of carbonyl (C=O) groups is 2. The number of Topliss-reactive ketones (excluding diaryl/α,β-unsaturated/α-hetero) is 1. The normalized spacial score (nSPS) is 25.9. The van der Waals surface area contributed by atoms with Crippen LogP contribution in [-0.4, -0.2) is 55.2 Å². The Morgan fingerprint density at radius 1 is 1.17 bits per heavy atom. The zero-order valence-electron chi connectivity index (χ0n) is 17.1. The van der Waals surface area contributed by atoms with Gasteiger partial charge in [0.25, 0.3) is 5.91 Å². The SMILES string of the molecule is Cc1ccc(OCC(=O)N(C2CCCC2)C2CCS(=O)(=O)C2)c2c1C(C)CC2=O. The number of ether oxygens (including phenoxy) is 1. The molecule has 0 bridgehead atoms. The minimum atomic E-state index is -3.08. The molecule has 1 saturated carbocycles. The second kappa shape index (κ2) is 7.74. The summed E-state index contributed by atoms with van der Waals surface area (Å²) in [5.74, 6) is 0.715. The molecule has 2 aliphatic carbocycles. The first-order chi connectivity index (χ1) is 13.8. The van der Waals surface area contributed by atoms with Crippen molar-refractivity contribution in [1.29, 1.82) is 0 Å². The highest BCUT2D eigenvalue weighted by atomic mass is 32.2. The summed E-state index contributed by atoms with van der Waals surface area (Å²) in [4.78, 5) is 27.4. The van der Waals surface area contributed by atoms with Gasteiger partial charge in [-0.1, -0.05) is 25.8 Å². The van der Waals surface area contributed by atoms with Crippen LogP contribution in [0.3, 0.4) is 0 Å². The average Bonchev–Trinajstić information content (AvgIpc) is 3.36. The third-order valence-electron chi connectivity index (χ3n) is 6.65. The summed E-state index contributed by atoms with van der Waals surface area (Å²) in [6, 6.07) is 3.54. The first-order valence-electron chi connectivity index (χ1n) is 10.6. The van der Waals surface area contributed by atoms with Crippen LogP contribution in [0.2, 0.25) is 0 Å². The Bertz CT molecular complexity index is 933. The number of fused-ring (bicyclic) bond motifs is 1. The van der Waals surface area contributed by atoms with Crippen LogP contribution in [0.15, 0.2) is 12.1 Å². The molecule has 1 heterocycles. The number of hydrogen-bond acceptors (Lipinski definition) is 5. The number of benzene rings is 1. The van der Waals surface area contributed by atoms with Crippen molar-refractivity contribution in [3.63, 3.8) is 0 Å². The van der Waals surface area contributed by atoms with E-state index in [2.05, 4.69) is 0 Å². The number of aryl methyl sites for hydroxylation is 1. The van der Waals surface area contributed by atoms with Crippen LogP contribution in [0.1, 0.15) is 72.9 Å². The lowest BCUT2D eigenvalue weighted by Crippen LogP contribution is -2.48. The Labute approximate surface area is 172 Å². The number of carbonyl (C=O) groups excluding carboxylic acids is 2. The lowest BCUT2D eigenvalue weighted by Gasteiger charge is -2.34. The molecule has 0 aromatic heterocycles. The van der Waals surface area contributed by atoms with Crippen molar-refractivity contribution < 1.29 is 22.7 Å². The minimum absolute atomic E-state index is 0.0468. The van der Waals surface area contributed by atoms with Gasteiger partial charge in [-0.2, -0.15) is 0 Å². The average molecular weight is 420 g/mol. The summed E-state index contributed by atoms with van der Waals surface area (Å²) in [5, 5.41) is 0. The summed E-state index contributed by atoms with van der Waals surface area (Å²) < 4.78 is 29.8. The molecule has 1 aromatic rings. The van der Waals surface area contributed by atoms with Gasteiger partial charge in [-0.15, -0.1) is 0 Å². The van der Waals surface area contributed by atoms with Crippen molar-refractivity contribution in [2.75, 3.05) is 18.1 Å². The van der Waals surface area contributed by atoms with Crippen molar-refractivity contribution >= 4 is 21.5 Å². The highest BCUT2D eigenvalue weighted by Crippen LogP contribution is 2.40. The number of sulfone groups is 1. The van der Waals surface area contributed by atoms with E-state index in [4.69, 9.17) is 4.74 Å². The van der Waals surface area contributed by atoms with Gasteiger partial charge in [0.05, 0.1) is 17.1 Å². The van der Waals surface area contributed by atoms with Crippen molar-refractivity contribution in [3.05, 3.63) is 28.8 Å². The van der Waals surface area contributed by atoms with E-state index in [1.165, 1.54) is 0 Å². The van der Waals surface area contributed by atoms with Crippen molar-refractivity contribution in [2.24, 2.45) is 0 Å². The summed E-state index contributed by atoms with van der Waals surface area (Å²) in [7, 11) is -3.08. The molecule has 3 aliphatic rings. The smallest absolute Gasteiger partial charge is 0.261 e. The first-order valence-corrected chi connectivity index (χ1v) is 12.4. The molecule has 1 aromatic carbocycles. The Kier molecular flexibility index (Phi) is 5.44. The number of amides is 1. The Hall–Kier alpha value is -1.89. The third-order valence-corrected chi connectivity index (χ3v) is 8.40. The van der Waals surface area contributed by atoms with Crippen LogP contribution in [0, 0.1) is 6.92 Å². The molecule has 29 heavy (non-hydrogen) atoms. The van der Waals surface area contributed by atoms with Gasteiger partial charge in [-0.3, -0.25) is 9.59 Å². The lowest BCUT2D eigenvalue weighted by atomic mass is 9.97. The molecule has 1 saturated heterocycles. The number of hydrogen-bond donors (Lipinski definition) is 0. The molecule has 1 amide bonds. The molecule has 6 nitrogen and oxygen atoms in total. The number of rotatable bonds is 5. The number of nitrogens with zero attached hydrogens (tertiary/aromatic N) is 1. The minimum Gasteiger partial charge on any atom is -0.483 e. The summed E-state index contributed by atoms with van der Waals surface area (Å²) >= 11 is 0. The van der Waals surface area contributed by atoms with Crippen LogP contribution in [0.25, 0.3) is 0 Å². The molecular weight excluding hydrogens is 390 g/mol. The topological polar surface area (TPSA) is 80.8 Å². The molecule has 158 valence electrons. The Morgan fingerprint density at radius 2 is 1.90 bits per heavy atom. The second-order valence-electron chi connectivity index (χ2n) is 8.78. The standard InChI is InChI=1S/C22H29NO5S/c1-14-7-8-19(22-18(24)11-15(2)21(14)22)28-12-20(25)23(16-5-3-4-6-16)17-9-10-29(26,27)13-17/h7-8,15-17H,3-6,9-13H2,1-2H3. The van der Waals surface area contributed by atoms with Crippen LogP contribution >= 0.6 is 0 Å². The van der Waals surface area contributed by atoms with Crippen LogP contribution in [-0.2, 0) is 14.6 Å². The van der Waals surface area contributed by atoms with Crippen LogP contribution < -0.4 is 4.74 Å². The van der Waals surface area contributed by atoms with Gasteiger partial charge in [-0.25, -0.2) is 8.42 Å². The van der Waals surface area contributed by atoms with Crippen LogP contribution in [0.5, 0.6) is 5.75 Å². The highest BCUT2D eigenvalue weighted by Gasteiger charge is 2.39. The van der Waals surface area contributed by atoms with Gasteiger partial charge >= 0.3 is 0 Å². The lowest BCUT2D eigenvalue weighted by molar-refractivity contribution is -0.137. The monoisotopic (exact) mass is 419 g/mol. The van der Waals surface area contributed by atoms with E-state index in [0.29, 0.717) is 24.2 Å². The van der Waals surface area contributed by atoms with E-state index in [-0.39, 0.29) is 47.8 Å². The zero-order chi connectivity index (χ0) is 20.8. The summed E-state index contributed by atoms with van der Waals surface area (Å²) in [6.07, 6.45) is 4.93. The maximum absolute atomic E-state index is 13.1. The molecule has 0 radical (unpaired) electrons. The molecule has 0 N–H and O–H groups in total. The fourth-order valence-corrected chi connectivity index (χ4v) is 7.04. The molecule has 2 atom stereocenters. The van der Waals surface area contributed by atoms with Gasteiger partial charge in [0.15, 0.2) is 22.2 Å². The molecule has 2 fully saturated rings. The predicted octanol–water partition coefficient (Wildman–Crippen LogP) is 3.02. The predicted molar refractivity (Wildman–Crippen MR) is 110 cm³/mol. The van der Waals surface area contributed by atoms with E-state index < -0.39 is 9.84 Å². The first kappa shape index (κ1) is 20.4. The largest absolute Gasteiger partial charge is 0.483 e. The molecule has 2 unspecified atom stereocenters. The highest BCUT2D eigenvalue weighted by molar-refractivity contribution is 7.91. The fraction of sp³-hybridized carbons (Fsp3) is 0.636. The van der Waals surface area contributed by atoms with Gasteiger partial charge in [-0.05, 0) is 49.3 Å². The summed E-state index contributed by atoms with van der Waals surface area (Å²) in [6.45, 7) is 3.86. The fourth-order valence-electron chi connectivity index (χ4n) is 5.33. The van der Waals surface area contributed by atoms with E-state index >= 15 is 0 Å². The second-order valence-corrected chi connectivity index (χ2v) is 11.0. The van der Waals surface area contributed by atoms with Crippen LogP contribution in [0.4, 0.5) is 0 Å². The van der Waals surface area contributed by atoms with Gasteiger partial charge in [0.1, 0.15) is 5.75 Å². The van der Waals surface area contributed by atoms with E-state index in [1.807, 2.05) is 19.9 Å². The molecule has 7 heteroatoms. The molecule has 1 aliphatic heterocycles. The van der Waals surface area contributed by atoms with Crippen molar-refractivity contribution in [3.8, 4) is 5.75 Å². The summed E-state index contributed by atoms with van der Waals surface area (Å²) in [5.41, 5.74) is 2.71. The van der Waals surface area contributed by atoms with Gasteiger partial charge in [0.2, 0.25) is 0 Å². The Morgan fingerprint density at radius 3 is 2.55 bits per heavy atom. The molecule has 0 spiro atoms. The number of ketones is 1. The third kappa shape index (κ3) is 3.93. The van der Waals surface area contributed by atoms with E-state index in [1.54, 1.807) is 11.0 Å². The van der Waals surface area contributed by atoms with Crippen molar-refractivity contribution in [2.45, 2.75) is 70.4 Å². The van der Waals surface area contributed by atoms with Crippen molar-refractivity contribution in [1.82, 2.24) is 4.90 Å². The van der Waals surface area contributed by atoms with Gasteiger partial charge < -0.3 is 9.64 Å². The van der Waals surface area contributed by atoms with E-state index in [9.17, 15) is 18.0 Å². The van der Waals surface area contributed by atoms with E-state index in [0.717, 1.165) is 36.8 Å². The molecular formula is C22H29NO5S. The maximum Gasteiger partial charge on any atom is 0.261 e. The molecule has 4 rings (SSSR count). The zero-order valence-corrected chi connectivity index (χ0v) is 18.0. The quantitative estimate of drug-likeness (QED) is 0.733. The van der Waals surface area contributed by atoms with Gasteiger partial charge in [0, 0.05) is 18.5 Å².